The predicted octanol–water partition coefficient (Wildman–Crippen LogP) is -1.32. The number of nitrogens with two attached hydrogens (primary N) is 1. The molecule has 0 aliphatic carbocycles. The van der Waals surface area contributed by atoms with Gasteiger partial charge in [0.25, 0.3) is 0 Å². The quantitative estimate of drug-likeness (QED) is 0.291. The van der Waals surface area contributed by atoms with E-state index >= 15 is 0 Å². The van der Waals surface area contributed by atoms with E-state index in [9.17, 15) is 4.79 Å². The summed E-state index contributed by atoms with van der Waals surface area (Å²) >= 11 is 0. The molecule has 4 nitrogen and oxygen atoms in total. The lowest BCUT2D eigenvalue weighted by atomic mass is 10.1. The zero-order valence-corrected chi connectivity index (χ0v) is 8.31. The van der Waals surface area contributed by atoms with Gasteiger partial charge in [-0.15, -0.1) is 0 Å². The largest absolute Gasteiger partial charge is 0.334 e. The lowest BCUT2D eigenvalue weighted by Crippen LogP contribution is -3.13. The van der Waals surface area contributed by atoms with Crippen molar-refractivity contribution in [2.75, 3.05) is 19.6 Å². The molecule has 1 aliphatic heterocycles. The second-order valence-electron chi connectivity index (χ2n) is 3.92. The fraction of sp³-hybridized carbons (Fsp3) is 0.889. The van der Waals surface area contributed by atoms with Gasteiger partial charge in [-0.3, -0.25) is 10.2 Å². The topological polar surface area (TPSA) is 59.6 Å². The molecule has 1 fully saturated rings. The molecule has 0 unspecified atom stereocenters. The number of hydrazine groups is 1. The van der Waals surface area contributed by atoms with Crippen LogP contribution >= 0.6 is 0 Å². The van der Waals surface area contributed by atoms with Crippen molar-refractivity contribution in [2.24, 2.45) is 11.8 Å². The predicted molar refractivity (Wildman–Crippen MR) is 50.9 cm³/mol. The minimum Gasteiger partial charge on any atom is -0.334 e. The van der Waals surface area contributed by atoms with Crippen LogP contribution in [0.1, 0.15) is 26.2 Å². The van der Waals surface area contributed by atoms with Crippen LogP contribution in [0.2, 0.25) is 0 Å². The SMILES string of the molecule is C[C@@H](C[NH+]1CCCCC1)C(=O)NN. The number of carbonyl (C=O) groups excluding carboxylic acids is 1. The Morgan fingerprint density at radius 3 is 2.62 bits per heavy atom. The number of nitrogens with one attached hydrogen (secondary N) is 2. The lowest BCUT2D eigenvalue weighted by Gasteiger charge is -2.25. The first kappa shape index (κ1) is 10.5. The molecule has 1 amide bonds. The molecule has 0 saturated carbocycles. The van der Waals surface area contributed by atoms with E-state index < -0.39 is 0 Å². The van der Waals surface area contributed by atoms with Crippen LogP contribution in [-0.2, 0) is 4.79 Å². The highest BCUT2D eigenvalue weighted by Crippen LogP contribution is 1.96. The van der Waals surface area contributed by atoms with Gasteiger partial charge in [0.15, 0.2) is 0 Å². The Labute approximate surface area is 79.4 Å². The van der Waals surface area contributed by atoms with E-state index in [1.807, 2.05) is 6.92 Å². The number of hydrogen-bond donors (Lipinski definition) is 3. The van der Waals surface area contributed by atoms with Crippen LogP contribution in [0.3, 0.4) is 0 Å². The molecule has 0 radical (unpaired) electrons. The Morgan fingerprint density at radius 1 is 1.46 bits per heavy atom. The van der Waals surface area contributed by atoms with E-state index in [1.165, 1.54) is 32.4 Å². The van der Waals surface area contributed by atoms with Gasteiger partial charge in [0.1, 0.15) is 0 Å². The number of amides is 1. The van der Waals surface area contributed by atoms with E-state index in [-0.39, 0.29) is 11.8 Å². The third-order valence-electron chi connectivity index (χ3n) is 2.75. The summed E-state index contributed by atoms with van der Waals surface area (Å²) in [6.45, 7) is 5.28. The Morgan fingerprint density at radius 2 is 2.08 bits per heavy atom. The van der Waals surface area contributed by atoms with E-state index in [0.29, 0.717) is 0 Å². The Kier molecular flexibility index (Phi) is 4.18. The molecular formula is C9H20N3O+. The highest BCUT2D eigenvalue weighted by atomic mass is 16.2. The molecular weight excluding hydrogens is 166 g/mol. The van der Waals surface area contributed by atoms with Gasteiger partial charge < -0.3 is 4.90 Å². The second-order valence-corrected chi connectivity index (χ2v) is 3.92. The zero-order chi connectivity index (χ0) is 9.68. The van der Waals surface area contributed by atoms with Crippen LogP contribution in [-0.4, -0.2) is 25.5 Å². The molecule has 0 bridgehead atoms. The summed E-state index contributed by atoms with van der Waals surface area (Å²) in [5.41, 5.74) is 2.20. The maximum atomic E-state index is 11.1. The molecule has 4 heteroatoms. The number of likely N-dealkylation sites (tertiary alicyclic amines) is 1. The number of carbonyl (C=O) groups is 1. The van der Waals surface area contributed by atoms with Crippen molar-refractivity contribution in [2.45, 2.75) is 26.2 Å². The van der Waals surface area contributed by atoms with Crippen molar-refractivity contribution in [3.8, 4) is 0 Å². The van der Waals surface area contributed by atoms with Crippen molar-refractivity contribution >= 4 is 5.91 Å². The molecule has 0 aromatic heterocycles. The number of quaternary nitrogens is 1. The third kappa shape index (κ3) is 3.32. The van der Waals surface area contributed by atoms with Crippen molar-refractivity contribution < 1.29 is 9.69 Å². The van der Waals surface area contributed by atoms with Gasteiger partial charge in [-0.25, -0.2) is 5.84 Å². The standard InChI is InChI=1S/C9H19N3O/c1-8(9(13)11-10)7-12-5-3-2-4-6-12/h8H,2-7,10H2,1H3,(H,11,13)/p+1/t8-/m0/s1. The molecule has 1 saturated heterocycles. The average molecular weight is 186 g/mol. The van der Waals surface area contributed by atoms with Crippen molar-refractivity contribution in [3.05, 3.63) is 0 Å². The molecule has 1 rings (SSSR count). The lowest BCUT2D eigenvalue weighted by molar-refractivity contribution is -0.907. The first-order valence-corrected chi connectivity index (χ1v) is 5.08. The zero-order valence-electron chi connectivity index (χ0n) is 8.31. The highest BCUT2D eigenvalue weighted by Gasteiger charge is 2.20. The number of hydrogen-bond acceptors (Lipinski definition) is 2. The monoisotopic (exact) mass is 186 g/mol. The molecule has 1 aliphatic rings. The van der Waals surface area contributed by atoms with Crippen LogP contribution in [0.4, 0.5) is 0 Å². The summed E-state index contributed by atoms with van der Waals surface area (Å²) in [5, 5.41) is 0. The maximum Gasteiger partial charge on any atom is 0.242 e. The minimum atomic E-state index is -0.0435. The van der Waals surface area contributed by atoms with E-state index in [1.54, 1.807) is 4.90 Å². The second kappa shape index (κ2) is 5.19. The first-order valence-electron chi connectivity index (χ1n) is 5.08. The van der Waals surface area contributed by atoms with Gasteiger partial charge >= 0.3 is 0 Å². The average Bonchev–Trinajstić information content (AvgIpc) is 2.18. The van der Waals surface area contributed by atoms with E-state index in [4.69, 9.17) is 5.84 Å². The van der Waals surface area contributed by atoms with Crippen LogP contribution in [0.5, 0.6) is 0 Å². The van der Waals surface area contributed by atoms with Crippen LogP contribution in [0.15, 0.2) is 0 Å². The Balaban J connectivity index is 2.25. The molecule has 0 aromatic rings. The molecule has 0 aromatic carbocycles. The summed E-state index contributed by atoms with van der Waals surface area (Å²) in [4.78, 5) is 12.7. The van der Waals surface area contributed by atoms with Gasteiger partial charge in [-0.05, 0) is 26.2 Å². The van der Waals surface area contributed by atoms with Crippen LogP contribution < -0.4 is 16.2 Å². The molecule has 1 atom stereocenters. The number of piperidine rings is 1. The van der Waals surface area contributed by atoms with Gasteiger partial charge in [0, 0.05) is 0 Å². The van der Waals surface area contributed by atoms with Crippen LogP contribution in [0, 0.1) is 5.92 Å². The van der Waals surface area contributed by atoms with Crippen molar-refractivity contribution in [1.82, 2.24) is 5.43 Å². The summed E-state index contributed by atoms with van der Waals surface area (Å²) < 4.78 is 0. The molecule has 13 heavy (non-hydrogen) atoms. The summed E-state index contributed by atoms with van der Waals surface area (Å²) in [6.07, 6.45) is 3.94. The van der Waals surface area contributed by atoms with Crippen LogP contribution in [0.25, 0.3) is 0 Å². The Hall–Kier alpha value is -0.610. The van der Waals surface area contributed by atoms with Gasteiger partial charge in [0.2, 0.25) is 5.91 Å². The minimum absolute atomic E-state index is 0.0399. The molecule has 1 heterocycles. The summed E-state index contributed by atoms with van der Waals surface area (Å²) in [6, 6.07) is 0. The van der Waals surface area contributed by atoms with E-state index in [2.05, 4.69) is 5.43 Å². The highest BCUT2D eigenvalue weighted by molar-refractivity contribution is 5.77. The fourth-order valence-corrected chi connectivity index (χ4v) is 1.92. The Bertz CT molecular complexity index is 166. The van der Waals surface area contributed by atoms with Crippen molar-refractivity contribution in [1.29, 1.82) is 0 Å². The normalized spacial score (nSPS) is 21.1. The first-order chi connectivity index (χ1) is 6.24. The summed E-state index contributed by atoms with van der Waals surface area (Å²) in [5.74, 6) is 5.07. The molecule has 4 N–H and O–H groups in total. The smallest absolute Gasteiger partial charge is 0.242 e. The van der Waals surface area contributed by atoms with Gasteiger partial charge in [-0.2, -0.15) is 0 Å². The fourth-order valence-electron chi connectivity index (χ4n) is 1.92. The van der Waals surface area contributed by atoms with Gasteiger partial charge in [0.05, 0.1) is 25.6 Å². The third-order valence-corrected chi connectivity index (χ3v) is 2.75. The molecule has 0 spiro atoms. The van der Waals surface area contributed by atoms with E-state index in [0.717, 1.165) is 6.54 Å². The van der Waals surface area contributed by atoms with Gasteiger partial charge in [-0.1, -0.05) is 0 Å². The van der Waals surface area contributed by atoms with Crippen molar-refractivity contribution in [3.63, 3.8) is 0 Å². The summed E-state index contributed by atoms with van der Waals surface area (Å²) in [7, 11) is 0. The maximum absolute atomic E-state index is 11.1. The number of rotatable bonds is 3. The molecule has 76 valence electrons.